The standard InChI is InChI=1S/C11H21N3O3/c1-8(9(15)16)13-10(17)11(2,3)14-6-4-12-5-7-14/h8,12H,4-7H2,1-3H3,(H,13,17)(H,15,16)/t8-/m1/s1. The van der Waals surface area contributed by atoms with E-state index in [1.54, 1.807) is 0 Å². The van der Waals surface area contributed by atoms with Crippen LogP contribution in [0.4, 0.5) is 0 Å². The van der Waals surface area contributed by atoms with Gasteiger partial charge in [-0.15, -0.1) is 0 Å². The number of piperazine rings is 1. The summed E-state index contributed by atoms with van der Waals surface area (Å²) in [6.45, 7) is 8.40. The average Bonchev–Trinajstić information content (AvgIpc) is 2.29. The molecule has 0 spiro atoms. The first kappa shape index (κ1) is 13.9. The second kappa shape index (κ2) is 5.46. The zero-order valence-corrected chi connectivity index (χ0v) is 10.6. The molecule has 6 nitrogen and oxygen atoms in total. The minimum Gasteiger partial charge on any atom is -0.480 e. The van der Waals surface area contributed by atoms with Gasteiger partial charge in [-0.2, -0.15) is 0 Å². The molecule has 98 valence electrons. The molecule has 0 aromatic rings. The van der Waals surface area contributed by atoms with Gasteiger partial charge in [0.15, 0.2) is 0 Å². The molecule has 0 aromatic carbocycles. The van der Waals surface area contributed by atoms with Crippen LogP contribution in [0.25, 0.3) is 0 Å². The number of carboxylic acids is 1. The van der Waals surface area contributed by atoms with Crippen LogP contribution in [0, 0.1) is 0 Å². The molecule has 1 heterocycles. The Balaban J connectivity index is 2.61. The summed E-state index contributed by atoms with van der Waals surface area (Å²) in [5.41, 5.74) is -0.675. The summed E-state index contributed by atoms with van der Waals surface area (Å²) in [5, 5.41) is 14.5. The third kappa shape index (κ3) is 3.41. The first-order valence-corrected chi connectivity index (χ1v) is 5.85. The summed E-state index contributed by atoms with van der Waals surface area (Å²) in [6, 6.07) is -0.857. The number of nitrogens with zero attached hydrogens (tertiary/aromatic N) is 1. The van der Waals surface area contributed by atoms with Crippen LogP contribution < -0.4 is 10.6 Å². The topological polar surface area (TPSA) is 81.7 Å². The third-order valence-electron chi connectivity index (χ3n) is 3.18. The van der Waals surface area contributed by atoms with Crippen LogP contribution in [0.3, 0.4) is 0 Å². The molecule has 0 bridgehead atoms. The van der Waals surface area contributed by atoms with E-state index in [4.69, 9.17) is 5.11 Å². The van der Waals surface area contributed by atoms with E-state index in [1.807, 2.05) is 13.8 Å². The number of amides is 1. The minimum absolute atomic E-state index is 0.241. The lowest BCUT2D eigenvalue weighted by atomic mass is 10.00. The van der Waals surface area contributed by atoms with Crippen molar-refractivity contribution in [2.24, 2.45) is 0 Å². The summed E-state index contributed by atoms with van der Waals surface area (Å²) < 4.78 is 0. The molecule has 1 aliphatic rings. The lowest BCUT2D eigenvalue weighted by Crippen LogP contribution is -2.61. The third-order valence-corrected chi connectivity index (χ3v) is 3.18. The van der Waals surface area contributed by atoms with Gasteiger partial charge in [-0.1, -0.05) is 0 Å². The Hall–Kier alpha value is -1.14. The lowest BCUT2D eigenvalue weighted by molar-refractivity contribution is -0.143. The van der Waals surface area contributed by atoms with Crippen molar-refractivity contribution in [1.82, 2.24) is 15.5 Å². The Morgan fingerprint density at radius 1 is 1.35 bits per heavy atom. The van der Waals surface area contributed by atoms with Gasteiger partial charge in [0.25, 0.3) is 0 Å². The summed E-state index contributed by atoms with van der Waals surface area (Å²) in [7, 11) is 0. The molecule has 1 saturated heterocycles. The zero-order valence-electron chi connectivity index (χ0n) is 10.6. The van der Waals surface area contributed by atoms with Gasteiger partial charge in [0, 0.05) is 26.2 Å². The van der Waals surface area contributed by atoms with Crippen molar-refractivity contribution in [2.45, 2.75) is 32.4 Å². The quantitative estimate of drug-likeness (QED) is 0.606. The van der Waals surface area contributed by atoms with Crippen molar-refractivity contribution in [2.75, 3.05) is 26.2 Å². The van der Waals surface area contributed by atoms with E-state index in [2.05, 4.69) is 15.5 Å². The van der Waals surface area contributed by atoms with Gasteiger partial charge in [0.1, 0.15) is 6.04 Å². The molecule has 1 amide bonds. The molecular weight excluding hydrogens is 222 g/mol. The molecule has 1 atom stereocenters. The molecule has 3 N–H and O–H groups in total. The molecule has 0 aliphatic carbocycles. The van der Waals surface area contributed by atoms with Gasteiger partial charge < -0.3 is 15.7 Å². The predicted molar refractivity (Wildman–Crippen MR) is 63.8 cm³/mol. The van der Waals surface area contributed by atoms with Crippen molar-refractivity contribution in [3.8, 4) is 0 Å². The molecule has 1 rings (SSSR count). The summed E-state index contributed by atoms with van der Waals surface area (Å²) in [6.07, 6.45) is 0. The predicted octanol–water partition coefficient (Wildman–Crippen LogP) is -0.740. The highest BCUT2D eigenvalue weighted by Crippen LogP contribution is 2.15. The number of nitrogens with one attached hydrogen (secondary N) is 2. The average molecular weight is 243 g/mol. The normalized spacial score (nSPS) is 19.7. The largest absolute Gasteiger partial charge is 0.480 e. The van der Waals surface area contributed by atoms with Crippen LogP contribution in [0.1, 0.15) is 20.8 Å². The van der Waals surface area contributed by atoms with Gasteiger partial charge >= 0.3 is 5.97 Å². The molecule has 1 fully saturated rings. The monoisotopic (exact) mass is 243 g/mol. The van der Waals surface area contributed by atoms with Gasteiger partial charge in [0.2, 0.25) is 5.91 Å². The second-order valence-electron chi connectivity index (χ2n) is 4.83. The number of hydrogen-bond donors (Lipinski definition) is 3. The molecule has 0 radical (unpaired) electrons. The molecule has 0 aromatic heterocycles. The van der Waals surface area contributed by atoms with Crippen molar-refractivity contribution in [3.63, 3.8) is 0 Å². The van der Waals surface area contributed by atoms with Crippen molar-refractivity contribution in [3.05, 3.63) is 0 Å². The lowest BCUT2D eigenvalue weighted by Gasteiger charge is -2.40. The van der Waals surface area contributed by atoms with Crippen LogP contribution in [0.15, 0.2) is 0 Å². The van der Waals surface area contributed by atoms with Crippen molar-refractivity contribution >= 4 is 11.9 Å². The van der Waals surface area contributed by atoms with E-state index >= 15 is 0 Å². The van der Waals surface area contributed by atoms with Crippen LogP contribution >= 0.6 is 0 Å². The van der Waals surface area contributed by atoms with E-state index in [0.717, 1.165) is 26.2 Å². The van der Waals surface area contributed by atoms with Gasteiger partial charge in [0.05, 0.1) is 5.54 Å². The molecule has 1 aliphatic heterocycles. The zero-order chi connectivity index (χ0) is 13.1. The minimum atomic E-state index is -1.02. The number of carbonyl (C=O) groups is 2. The fraction of sp³-hybridized carbons (Fsp3) is 0.818. The second-order valence-corrected chi connectivity index (χ2v) is 4.83. The number of carbonyl (C=O) groups excluding carboxylic acids is 1. The van der Waals surface area contributed by atoms with Crippen molar-refractivity contribution < 1.29 is 14.7 Å². The van der Waals surface area contributed by atoms with E-state index in [1.165, 1.54) is 6.92 Å². The maximum absolute atomic E-state index is 12.0. The van der Waals surface area contributed by atoms with E-state index in [-0.39, 0.29) is 5.91 Å². The number of hydrogen-bond acceptors (Lipinski definition) is 4. The van der Waals surface area contributed by atoms with Crippen LogP contribution in [0.5, 0.6) is 0 Å². The fourth-order valence-corrected chi connectivity index (χ4v) is 1.80. The van der Waals surface area contributed by atoms with Crippen LogP contribution in [-0.2, 0) is 9.59 Å². The van der Waals surface area contributed by atoms with Gasteiger partial charge in [-0.05, 0) is 20.8 Å². The van der Waals surface area contributed by atoms with E-state index in [9.17, 15) is 9.59 Å². The smallest absolute Gasteiger partial charge is 0.325 e. The van der Waals surface area contributed by atoms with Crippen LogP contribution in [-0.4, -0.2) is 59.6 Å². The molecule has 0 unspecified atom stereocenters. The molecular formula is C11H21N3O3. The highest BCUT2D eigenvalue weighted by Gasteiger charge is 2.36. The fourth-order valence-electron chi connectivity index (χ4n) is 1.80. The molecule has 0 saturated carbocycles. The SMILES string of the molecule is C[C@@H](NC(=O)C(C)(C)N1CCNCC1)C(=O)O. The first-order valence-electron chi connectivity index (χ1n) is 5.85. The van der Waals surface area contributed by atoms with E-state index in [0.29, 0.717) is 0 Å². The number of rotatable bonds is 4. The van der Waals surface area contributed by atoms with Gasteiger partial charge in [-0.3, -0.25) is 14.5 Å². The highest BCUT2D eigenvalue weighted by molar-refractivity contribution is 5.89. The highest BCUT2D eigenvalue weighted by atomic mass is 16.4. The summed E-state index contributed by atoms with van der Waals surface area (Å²) >= 11 is 0. The van der Waals surface area contributed by atoms with Gasteiger partial charge in [-0.25, -0.2) is 0 Å². The Kier molecular flexibility index (Phi) is 4.47. The maximum atomic E-state index is 12.0. The first-order chi connectivity index (χ1) is 7.85. The Morgan fingerprint density at radius 2 is 1.88 bits per heavy atom. The maximum Gasteiger partial charge on any atom is 0.325 e. The molecule has 17 heavy (non-hydrogen) atoms. The number of aliphatic carboxylic acids is 1. The van der Waals surface area contributed by atoms with Crippen molar-refractivity contribution in [1.29, 1.82) is 0 Å². The summed E-state index contributed by atoms with van der Waals surface area (Å²) in [4.78, 5) is 24.8. The Bertz CT molecular complexity index is 298. The molecule has 6 heteroatoms. The summed E-state index contributed by atoms with van der Waals surface area (Å²) in [5.74, 6) is -1.26. The van der Waals surface area contributed by atoms with E-state index < -0.39 is 17.6 Å². The Morgan fingerprint density at radius 3 is 2.35 bits per heavy atom. The Labute approximate surface area is 101 Å². The van der Waals surface area contributed by atoms with Crippen LogP contribution in [0.2, 0.25) is 0 Å². The number of carboxylic acid groups (broad SMARTS) is 1.